The molecule has 1 aromatic carbocycles. The topological polar surface area (TPSA) is 44.5 Å². The molecule has 2 rings (SSSR count). The summed E-state index contributed by atoms with van der Waals surface area (Å²) in [6.45, 7) is 0.851. The molecule has 3 nitrogen and oxygen atoms in total. The number of ether oxygens (including phenoxy) is 2. The molecule has 1 heterocycles. The van der Waals surface area contributed by atoms with Crippen LogP contribution in [0.1, 0.15) is 5.56 Å². The molecule has 0 atom stereocenters. The van der Waals surface area contributed by atoms with Crippen LogP contribution in [0.5, 0.6) is 11.5 Å². The van der Waals surface area contributed by atoms with E-state index in [4.69, 9.17) is 26.8 Å². The Morgan fingerprint density at radius 3 is 3.00 bits per heavy atom. The van der Waals surface area contributed by atoms with E-state index in [1.165, 1.54) is 0 Å². The predicted octanol–water partition coefficient (Wildman–Crippen LogP) is 1.57. The molecule has 0 amide bonds. The highest BCUT2D eigenvalue weighted by Gasteiger charge is 2.18. The van der Waals surface area contributed by atoms with Gasteiger partial charge in [0, 0.05) is 16.7 Å². The molecule has 0 fully saturated rings. The van der Waals surface area contributed by atoms with Crippen molar-refractivity contribution in [2.45, 2.75) is 6.42 Å². The van der Waals surface area contributed by atoms with E-state index in [1.54, 1.807) is 6.07 Å². The van der Waals surface area contributed by atoms with Crippen LogP contribution in [-0.2, 0) is 6.42 Å². The van der Waals surface area contributed by atoms with Crippen molar-refractivity contribution in [3.05, 3.63) is 22.7 Å². The van der Waals surface area contributed by atoms with E-state index < -0.39 is 0 Å². The second-order valence-electron chi connectivity index (χ2n) is 2.84. The van der Waals surface area contributed by atoms with E-state index in [-0.39, 0.29) is 6.79 Å². The van der Waals surface area contributed by atoms with Crippen LogP contribution in [0.3, 0.4) is 0 Å². The zero-order valence-corrected chi connectivity index (χ0v) is 7.80. The van der Waals surface area contributed by atoms with Gasteiger partial charge in [-0.25, -0.2) is 0 Å². The first-order chi connectivity index (χ1) is 6.31. The van der Waals surface area contributed by atoms with Crippen LogP contribution in [0.25, 0.3) is 0 Å². The SMILES string of the molecule is NCCc1cc(Cl)cc2c1OCO2. The summed E-state index contributed by atoms with van der Waals surface area (Å²) in [6.07, 6.45) is 0.756. The summed E-state index contributed by atoms with van der Waals surface area (Å²) in [5.41, 5.74) is 6.48. The maximum atomic E-state index is 5.89. The Hall–Kier alpha value is -0.930. The zero-order chi connectivity index (χ0) is 9.26. The van der Waals surface area contributed by atoms with Gasteiger partial charge in [0.15, 0.2) is 11.5 Å². The predicted molar refractivity (Wildman–Crippen MR) is 50.3 cm³/mol. The van der Waals surface area contributed by atoms with Crippen LogP contribution in [0, 0.1) is 0 Å². The van der Waals surface area contributed by atoms with Gasteiger partial charge in [0.1, 0.15) is 0 Å². The minimum Gasteiger partial charge on any atom is -0.454 e. The van der Waals surface area contributed by atoms with E-state index in [1.807, 2.05) is 6.07 Å². The molecule has 4 heteroatoms. The van der Waals surface area contributed by atoms with Crippen molar-refractivity contribution in [3.63, 3.8) is 0 Å². The highest BCUT2D eigenvalue weighted by atomic mass is 35.5. The molecule has 1 aliphatic rings. The van der Waals surface area contributed by atoms with Crippen molar-refractivity contribution in [1.82, 2.24) is 0 Å². The lowest BCUT2D eigenvalue weighted by Gasteiger charge is -2.04. The average molecular weight is 200 g/mol. The monoisotopic (exact) mass is 199 g/mol. The molecule has 2 N–H and O–H groups in total. The molecule has 70 valence electrons. The van der Waals surface area contributed by atoms with E-state index in [2.05, 4.69) is 0 Å². The Balaban J connectivity index is 2.43. The summed E-state index contributed by atoms with van der Waals surface area (Å²) in [6, 6.07) is 3.62. The summed E-state index contributed by atoms with van der Waals surface area (Å²) in [7, 11) is 0. The van der Waals surface area contributed by atoms with Crippen molar-refractivity contribution in [2.75, 3.05) is 13.3 Å². The Morgan fingerprint density at radius 1 is 1.38 bits per heavy atom. The van der Waals surface area contributed by atoms with E-state index >= 15 is 0 Å². The van der Waals surface area contributed by atoms with Crippen LogP contribution in [-0.4, -0.2) is 13.3 Å². The highest BCUT2D eigenvalue weighted by Crippen LogP contribution is 2.38. The molecule has 0 saturated heterocycles. The fourth-order valence-electron chi connectivity index (χ4n) is 1.39. The Morgan fingerprint density at radius 2 is 2.23 bits per heavy atom. The number of benzene rings is 1. The Labute approximate surface area is 81.4 Å². The molecular formula is C9H10ClNO2. The third kappa shape index (κ3) is 1.57. The van der Waals surface area contributed by atoms with Crippen LogP contribution in [0.2, 0.25) is 5.02 Å². The molecule has 0 unspecified atom stereocenters. The second-order valence-corrected chi connectivity index (χ2v) is 3.27. The summed E-state index contributed by atoms with van der Waals surface area (Å²) in [4.78, 5) is 0. The van der Waals surface area contributed by atoms with Gasteiger partial charge in [-0.05, 0) is 19.0 Å². The summed E-state index contributed by atoms with van der Waals surface area (Å²) < 4.78 is 10.5. The molecule has 0 spiro atoms. The van der Waals surface area contributed by atoms with Crippen molar-refractivity contribution in [2.24, 2.45) is 5.73 Å². The van der Waals surface area contributed by atoms with Crippen LogP contribution >= 0.6 is 11.6 Å². The van der Waals surface area contributed by atoms with Gasteiger partial charge in [-0.3, -0.25) is 0 Å². The van der Waals surface area contributed by atoms with Crippen LogP contribution in [0.15, 0.2) is 12.1 Å². The first-order valence-electron chi connectivity index (χ1n) is 4.09. The lowest BCUT2D eigenvalue weighted by atomic mass is 10.1. The maximum Gasteiger partial charge on any atom is 0.231 e. The fraction of sp³-hybridized carbons (Fsp3) is 0.333. The minimum absolute atomic E-state index is 0.271. The first-order valence-corrected chi connectivity index (χ1v) is 4.47. The van der Waals surface area contributed by atoms with Crippen molar-refractivity contribution >= 4 is 11.6 Å². The van der Waals surface area contributed by atoms with Gasteiger partial charge in [-0.1, -0.05) is 11.6 Å². The van der Waals surface area contributed by atoms with Crippen LogP contribution in [0.4, 0.5) is 0 Å². The molecule has 0 aliphatic carbocycles. The Kier molecular flexibility index (Phi) is 2.29. The lowest BCUT2D eigenvalue weighted by Crippen LogP contribution is -2.03. The van der Waals surface area contributed by atoms with Gasteiger partial charge in [0.05, 0.1) is 0 Å². The zero-order valence-electron chi connectivity index (χ0n) is 7.05. The number of halogens is 1. The molecule has 13 heavy (non-hydrogen) atoms. The average Bonchev–Trinajstić information content (AvgIpc) is 2.52. The third-order valence-electron chi connectivity index (χ3n) is 1.93. The van der Waals surface area contributed by atoms with Gasteiger partial charge in [0.2, 0.25) is 6.79 Å². The van der Waals surface area contributed by atoms with Gasteiger partial charge in [-0.2, -0.15) is 0 Å². The van der Waals surface area contributed by atoms with E-state index in [0.29, 0.717) is 11.6 Å². The van der Waals surface area contributed by atoms with Crippen molar-refractivity contribution in [1.29, 1.82) is 0 Å². The normalized spacial score (nSPS) is 13.4. The summed E-state index contributed by atoms with van der Waals surface area (Å²) >= 11 is 5.89. The smallest absolute Gasteiger partial charge is 0.231 e. The van der Waals surface area contributed by atoms with E-state index in [0.717, 1.165) is 23.5 Å². The minimum atomic E-state index is 0.271. The number of nitrogens with two attached hydrogens (primary N) is 1. The van der Waals surface area contributed by atoms with Crippen molar-refractivity contribution in [3.8, 4) is 11.5 Å². The van der Waals surface area contributed by atoms with Gasteiger partial charge < -0.3 is 15.2 Å². The number of fused-ring (bicyclic) bond motifs is 1. The first kappa shape index (κ1) is 8.66. The molecular weight excluding hydrogens is 190 g/mol. The highest BCUT2D eigenvalue weighted by molar-refractivity contribution is 6.30. The molecule has 1 aromatic rings. The number of hydrogen-bond donors (Lipinski definition) is 1. The quantitative estimate of drug-likeness (QED) is 0.787. The molecule has 0 bridgehead atoms. The van der Waals surface area contributed by atoms with Crippen molar-refractivity contribution < 1.29 is 9.47 Å². The third-order valence-corrected chi connectivity index (χ3v) is 2.15. The number of hydrogen-bond acceptors (Lipinski definition) is 3. The fourth-order valence-corrected chi connectivity index (χ4v) is 1.62. The van der Waals surface area contributed by atoms with E-state index in [9.17, 15) is 0 Å². The molecule has 1 aliphatic heterocycles. The molecule has 0 radical (unpaired) electrons. The Bertz CT molecular complexity index is 328. The van der Waals surface area contributed by atoms with Gasteiger partial charge >= 0.3 is 0 Å². The largest absolute Gasteiger partial charge is 0.454 e. The lowest BCUT2D eigenvalue weighted by molar-refractivity contribution is 0.173. The molecule has 0 aromatic heterocycles. The maximum absolute atomic E-state index is 5.89. The van der Waals surface area contributed by atoms with Crippen LogP contribution < -0.4 is 15.2 Å². The van der Waals surface area contributed by atoms with Gasteiger partial charge in [-0.15, -0.1) is 0 Å². The van der Waals surface area contributed by atoms with Gasteiger partial charge in [0.25, 0.3) is 0 Å². The molecule has 0 saturated carbocycles. The number of rotatable bonds is 2. The summed E-state index contributed by atoms with van der Waals surface area (Å²) in [5, 5.41) is 0.660. The second kappa shape index (κ2) is 3.44. The summed E-state index contributed by atoms with van der Waals surface area (Å²) in [5.74, 6) is 1.51. The standard InChI is InChI=1S/C9H10ClNO2/c10-7-3-6(1-2-11)9-8(4-7)12-5-13-9/h3-4H,1-2,5,11H2.